The Labute approximate surface area is 91.9 Å². The molecule has 1 heterocycles. The first kappa shape index (κ1) is 10.8. The molecule has 0 bridgehead atoms. The van der Waals surface area contributed by atoms with Crippen LogP contribution in [0.2, 0.25) is 0 Å². The summed E-state index contributed by atoms with van der Waals surface area (Å²) in [4.78, 5) is 14.1. The Kier molecular flexibility index (Phi) is 2.52. The van der Waals surface area contributed by atoms with E-state index in [4.69, 9.17) is 0 Å². The summed E-state index contributed by atoms with van der Waals surface area (Å²) < 4.78 is 13.5. The van der Waals surface area contributed by atoms with Gasteiger partial charge in [0.15, 0.2) is 5.78 Å². The Balaban J connectivity index is 2.76. The van der Waals surface area contributed by atoms with Crippen LogP contribution in [-0.4, -0.2) is 15.9 Å². The minimum absolute atomic E-state index is 0.117. The SMILES string of the molecule is CC(=O)c1cc2c(C(C)O)c(F)ccc2[nH]1. The first-order chi connectivity index (χ1) is 7.50. The predicted molar refractivity (Wildman–Crippen MR) is 58.9 cm³/mol. The van der Waals surface area contributed by atoms with Gasteiger partial charge in [-0.2, -0.15) is 0 Å². The number of nitrogens with one attached hydrogen (secondary N) is 1. The van der Waals surface area contributed by atoms with Crippen molar-refractivity contribution >= 4 is 16.7 Å². The van der Waals surface area contributed by atoms with Crippen molar-refractivity contribution in [1.29, 1.82) is 0 Å². The molecule has 1 aromatic heterocycles. The van der Waals surface area contributed by atoms with Crippen LogP contribution in [-0.2, 0) is 0 Å². The zero-order valence-electron chi connectivity index (χ0n) is 9.04. The zero-order chi connectivity index (χ0) is 11.9. The van der Waals surface area contributed by atoms with Crippen LogP contribution in [0.15, 0.2) is 18.2 Å². The molecule has 1 unspecified atom stereocenters. The second-order valence-electron chi connectivity index (χ2n) is 3.84. The van der Waals surface area contributed by atoms with Crippen molar-refractivity contribution in [3.05, 3.63) is 35.3 Å². The first-order valence-electron chi connectivity index (χ1n) is 5.01. The highest BCUT2D eigenvalue weighted by atomic mass is 19.1. The number of aliphatic hydroxyl groups excluding tert-OH is 1. The lowest BCUT2D eigenvalue weighted by Gasteiger charge is -2.07. The summed E-state index contributed by atoms with van der Waals surface area (Å²) in [5, 5.41) is 10.1. The van der Waals surface area contributed by atoms with Gasteiger partial charge in [-0.1, -0.05) is 0 Å². The van der Waals surface area contributed by atoms with Gasteiger partial charge in [-0.05, 0) is 25.1 Å². The first-order valence-corrected chi connectivity index (χ1v) is 5.01. The third-order valence-electron chi connectivity index (χ3n) is 2.59. The van der Waals surface area contributed by atoms with Gasteiger partial charge in [-0.3, -0.25) is 4.79 Å². The van der Waals surface area contributed by atoms with Crippen molar-refractivity contribution in [2.45, 2.75) is 20.0 Å². The molecule has 2 aromatic rings. The lowest BCUT2D eigenvalue weighted by Crippen LogP contribution is -1.96. The van der Waals surface area contributed by atoms with E-state index in [1.165, 1.54) is 19.9 Å². The predicted octanol–water partition coefficient (Wildman–Crippen LogP) is 2.56. The van der Waals surface area contributed by atoms with Crippen LogP contribution in [0.1, 0.15) is 36.0 Å². The quantitative estimate of drug-likeness (QED) is 0.766. The van der Waals surface area contributed by atoms with Gasteiger partial charge in [0.1, 0.15) is 5.82 Å². The number of hydrogen-bond donors (Lipinski definition) is 2. The van der Waals surface area contributed by atoms with E-state index in [1.54, 1.807) is 12.1 Å². The topological polar surface area (TPSA) is 53.1 Å². The number of rotatable bonds is 2. The van der Waals surface area contributed by atoms with Crippen molar-refractivity contribution < 1.29 is 14.3 Å². The molecule has 3 nitrogen and oxygen atoms in total. The van der Waals surface area contributed by atoms with E-state index in [0.29, 0.717) is 16.6 Å². The van der Waals surface area contributed by atoms with Gasteiger partial charge in [0.25, 0.3) is 0 Å². The van der Waals surface area contributed by atoms with Gasteiger partial charge in [0.05, 0.1) is 11.8 Å². The summed E-state index contributed by atoms with van der Waals surface area (Å²) in [5.74, 6) is -0.579. The Morgan fingerprint density at radius 3 is 2.75 bits per heavy atom. The Hall–Kier alpha value is -1.68. The number of aromatic nitrogens is 1. The van der Waals surface area contributed by atoms with Crippen LogP contribution in [0.4, 0.5) is 4.39 Å². The number of carbonyl (C=O) groups excluding carboxylic acids is 1. The van der Waals surface area contributed by atoms with Gasteiger partial charge in [0.2, 0.25) is 0 Å². The van der Waals surface area contributed by atoms with Gasteiger partial charge in [-0.15, -0.1) is 0 Å². The number of aromatic amines is 1. The average molecular weight is 221 g/mol. The lowest BCUT2D eigenvalue weighted by atomic mass is 10.0. The summed E-state index contributed by atoms with van der Waals surface area (Å²) in [6.45, 7) is 2.93. The van der Waals surface area contributed by atoms with Crippen molar-refractivity contribution in [1.82, 2.24) is 4.98 Å². The summed E-state index contributed by atoms with van der Waals surface area (Å²) in [6.07, 6.45) is -0.903. The molecule has 84 valence electrons. The summed E-state index contributed by atoms with van der Waals surface area (Å²) >= 11 is 0. The van der Waals surface area contributed by atoms with Crippen molar-refractivity contribution in [2.24, 2.45) is 0 Å². The number of fused-ring (bicyclic) bond motifs is 1. The molecule has 0 radical (unpaired) electrons. The molecule has 16 heavy (non-hydrogen) atoms. The second kappa shape index (κ2) is 3.72. The van der Waals surface area contributed by atoms with Gasteiger partial charge in [-0.25, -0.2) is 4.39 Å². The number of hydrogen-bond acceptors (Lipinski definition) is 2. The molecule has 0 saturated heterocycles. The molecule has 1 atom stereocenters. The summed E-state index contributed by atoms with van der Waals surface area (Å²) in [6, 6.07) is 4.41. The number of ketones is 1. The van der Waals surface area contributed by atoms with E-state index in [-0.39, 0.29) is 11.3 Å². The molecule has 0 aliphatic carbocycles. The maximum atomic E-state index is 13.5. The third kappa shape index (κ3) is 1.61. The second-order valence-corrected chi connectivity index (χ2v) is 3.84. The van der Waals surface area contributed by atoms with E-state index >= 15 is 0 Å². The maximum Gasteiger partial charge on any atom is 0.175 e. The highest BCUT2D eigenvalue weighted by molar-refractivity contribution is 5.98. The van der Waals surface area contributed by atoms with Crippen LogP contribution in [0.5, 0.6) is 0 Å². The molecular weight excluding hydrogens is 209 g/mol. The van der Waals surface area contributed by atoms with Crippen molar-refractivity contribution in [3.8, 4) is 0 Å². The maximum absolute atomic E-state index is 13.5. The molecule has 2 N–H and O–H groups in total. The fourth-order valence-corrected chi connectivity index (χ4v) is 1.81. The van der Waals surface area contributed by atoms with Crippen LogP contribution in [0, 0.1) is 5.82 Å². The zero-order valence-corrected chi connectivity index (χ0v) is 9.04. The van der Waals surface area contributed by atoms with Crippen LogP contribution in [0.3, 0.4) is 0 Å². The highest BCUT2D eigenvalue weighted by Gasteiger charge is 2.15. The van der Waals surface area contributed by atoms with E-state index < -0.39 is 11.9 Å². The van der Waals surface area contributed by atoms with Crippen molar-refractivity contribution in [2.75, 3.05) is 0 Å². The third-order valence-corrected chi connectivity index (χ3v) is 2.59. The number of aliphatic hydroxyl groups is 1. The average Bonchev–Trinajstić information content (AvgIpc) is 2.60. The number of H-pyrrole nitrogens is 1. The number of Topliss-reactive ketones (excluding diaryl/α,β-unsaturated/α-hetero) is 1. The Bertz CT molecular complexity index is 557. The molecule has 0 amide bonds. The molecule has 1 aromatic carbocycles. The molecule has 4 heteroatoms. The van der Waals surface area contributed by atoms with Gasteiger partial charge in [0, 0.05) is 23.4 Å². The number of carbonyl (C=O) groups is 1. The summed E-state index contributed by atoms with van der Waals surface area (Å²) in [5.41, 5.74) is 1.30. The lowest BCUT2D eigenvalue weighted by molar-refractivity contribution is 0.101. The number of benzene rings is 1. The normalized spacial score (nSPS) is 13.0. The Morgan fingerprint density at radius 2 is 2.19 bits per heavy atom. The molecule has 0 aliphatic heterocycles. The van der Waals surface area contributed by atoms with Crippen LogP contribution < -0.4 is 0 Å². The summed E-state index contributed by atoms with van der Waals surface area (Å²) in [7, 11) is 0. The highest BCUT2D eigenvalue weighted by Crippen LogP contribution is 2.27. The molecule has 0 spiro atoms. The molecule has 0 saturated carbocycles. The molecule has 2 rings (SSSR count). The Morgan fingerprint density at radius 1 is 1.50 bits per heavy atom. The van der Waals surface area contributed by atoms with Crippen LogP contribution in [0.25, 0.3) is 10.9 Å². The van der Waals surface area contributed by atoms with E-state index in [2.05, 4.69) is 4.98 Å². The molecule has 0 fully saturated rings. The van der Waals surface area contributed by atoms with Crippen LogP contribution >= 0.6 is 0 Å². The largest absolute Gasteiger partial charge is 0.389 e. The standard InChI is InChI=1S/C12H12FNO2/c1-6(15)11-5-8-10(14-11)4-3-9(13)12(8)7(2)16/h3-5,7,14,16H,1-2H3. The monoisotopic (exact) mass is 221 g/mol. The number of halogens is 1. The fourth-order valence-electron chi connectivity index (χ4n) is 1.81. The molecule has 0 aliphatic rings. The van der Waals surface area contributed by atoms with E-state index in [1.807, 2.05) is 0 Å². The van der Waals surface area contributed by atoms with Crippen molar-refractivity contribution in [3.63, 3.8) is 0 Å². The minimum atomic E-state index is -0.903. The fraction of sp³-hybridized carbons (Fsp3) is 0.250. The van der Waals surface area contributed by atoms with E-state index in [9.17, 15) is 14.3 Å². The van der Waals surface area contributed by atoms with Gasteiger partial charge < -0.3 is 10.1 Å². The molecular formula is C12H12FNO2. The smallest absolute Gasteiger partial charge is 0.175 e. The van der Waals surface area contributed by atoms with E-state index in [0.717, 1.165) is 0 Å². The van der Waals surface area contributed by atoms with Gasteiger partial charge >= 0.3 is 0 Å². The minimum Gasteiger partial charge on any atom is -0.389 e.